The van der Waals surface area contributed by atoms with Crippen molar-refractivity contribution in [2.45, 2.75) is 12.0 Å². The lowest BCUT2D eigenvalue weighted by Crippen LogP contribution is -2.46. The third kappa shape index (κ3) is 2.22. The average molecular weight is 316 g/mol. The standard InChI is InChI=1S/C16H12O7/c17-9-3-1-8(2-4-9)16(15(21)22)7-12(20)14-11(19)5-10(18)6-13(14)23-16/h1-6,17-19H,7H2,(H,21,22)/t16-/m0/s1. The molecule has 0 saturated carbocycles. The van der Waals surface area contributed by atoms with Crippen LogP contribution in [0.4, 0.5) is 0 Å². The first-order valence-corrected chi connectivity index (χ1v) is 6.64. The normalized spacial score (nSPS) is 19.7. The molecule has 3 rings (SSSR count). The van der Waals surface area contributed by atoms with E-state index < -0.39 is 29.5 Å². The highest BCUT2D eigenvalue weighted by atomic mass is 16.5. The monoisotopic (exact) mass is 316 g/mol. The Kier molecular flexibility index (Phi) is 3.14. The van der Waals surface area contributed by atoms with E-state index >= 15 is 0 Å². The number of fused-ring (bicyclic) bond motifs is 1. The molecule has 0 bridgehead atoms. The SMILES string of the molecule is O=C1C[C@@](C(=O)O)(c2ccc(O)cc2)Oc2cc(O)cc(O)c21. The number of carboxylic acids is 1. The summed E-state index contributed by atoms with van der Waals surface area (Å²) in [5, 5.41) is 38.3. The van der Waals surface area contributed by atoms with E-state index in [0.29, 0.717) is 0 Å². The molecule has 0 spiro atoms. The van der Waals surface area contributed by atoms with Crippen LogP contribution in [0.3, 0.4) is 0 Å². The van der Waals surface area contributed by atoms with Gasteiger partial charge in [-0.3, -0.25) is 4.79 Å². The molecule has 0 unspecified atom stereocenters. The Bertz CT molecular complexity index is 810. The van der Waals surface area contributed by atoms with Crippen molar-refractivity contribution < 1.29 is 34.8 Å². The number of carbonyl (C=O) groups excluding carboxylic acids is 1. The predicted octanol–water partition coefficient (Wildman–Crippen LogP) is 1.75. The number of benzene rings is 2. The largest absolute Gasteiger partial charge is 0.508 e. The van der Waals surface area contributed by atoms with E-state index in [1.807, 2.05) is 0 Å². The minimum Gasteiger partial charge on any atom is -0.508 e. The van der Waals surface area contributed by atoms with Crippen LogP contribution in [0.15, 0.2) is 36.4 Å². The van der Waals surface area contributed by atoms with Crippen molar-refractivity contribution in [3.63, 3.8) is 0 Å². The summed E-state index contributed by atoms with van der Waals surface area (Å²) in [7, 11) is 0. The van der Waals surface area contributed by atoms with Crippen LogP contribution >= 0.6 is 0 Å². The Hall–Kier alpha value is -3.22. The molecule has 0 radical (unpaired) electrons. The Morgan fingerprint density at radius 1 is 1.04 bits per heavy atom. The van der Waals surface area contributed by atoms with Gasteiger partial charge < -0.3 is 25.2 Å². The van der Waals surface area contributed by atoms with Crippen molar-refractivity contribution in [2.75, 3.05) is 0 Å². The van der Waals surface area contributed by atoms with Crippen molar-refractivity contribution in [1.82, 2.24) is 0 Å². The van der Waals surface area contributed by atoms with Gasteiger partial charge in [-0.05, 0) is 12.1 Å². The van der Waals surface area contributed by atoms with Crippen molar-refractivity contribution in [2.24, 2.45) is 0 Å². The molecule has 4 N–H and O–H groups in total. The first-order chi connectivity index (χ1) is 10.8. The van der Waals surface area contributed by atoms with Crippen molar-refractivity contribution in [3.8, 4) is 23.0 Å². The number of carbonyl (C=O) groups is 2. The first kappa shape index (κ1) is 14.7. The van der Waals surface area contributed by atoms with Gasteiger partial charge in [0, 0.05) is 17.7 Å². The van der Waals surface area contributed by atoms with Gasteiger partial charge in [0.1, 0.15) is 28.6 Å². The van der Waals surface area contributed by atoms with Crippen LogP contribution in [0.1, 0.15) is 22.3 Å². The molecule has 1 heterocycles. The van der Waals surface area contributed by atoms with Gasteiger partial charge >= 0.3 is 5.97 Å². The van der Waals surface area contributed by atoms with Crippen LogP contribution in [0.25, 0.3) is 0 Å². The lowest BCUT2D eigenvalue weighted by molar-refractivity contribution is -0.156. The number of aliphatic carboxylic acids is 1. The maximum Gasteiger partial charge on any atom is 0.353 e. The molecule has 1 aliphatic rings. The van der Waals surface area contributed by atoms with Gasteiger partial charge in [0.2, 0.25) is 5.60 Å². The summed E-state index contributed by atoms with van der Waals surface area (Å²) < 4.78 is 5.52. The molecule has 1 atom stereocenters. The number of hydrogen-bond acceptors (Lipinski definition) is 6. The molecule has 1 aliphatic heterocycles. The van der Waals surface area contributed by atoms with Gasteiger partial charge in [-0.2, -0.15) is 0 Å². The van der Waals surface area contributed by atoms with Gasteiger partial charge in [0.25, 0.3) is 0 Å². The van der Waals surface area contributed by atoms with Crippen LogP contribution in [-0.2, 0) is 10.4 Å². The minimum absolute atomic E-state index is 0.0629. The molecular weight excluding hydrogens is 304 g/mol. The smallest absolute Gasteiger partial charge is 0.353 e. The van der Waals surface area contributed by atoms with Crippen molar-refractivity contribution in [3.05, 3.63) is 47.5 Å². The van der Waals surface area contributed by atoms with E-state index in [9.17, 15) is 30.0 Å². The van der Waals surface area contributed by atoms with Crippen LogP contribution in [0.2, 0.25) is 0 Å². The molecule has 23 heavy (non-hydrogen) atoms. The summed E-state index contributed by atoms with van der Waals surface area (Å²) in [6, 6.07) is 7.29. The van der Waals surface area contributed by atoms with Gasteiger partial charge in [-0.25, -0.2) is 4.79 Å². The molecule has 0 aliphatic carbocycles. The van der Waals surface area contributed by atoms with Gasteiger partial charge in [-0.15, -0.1) is 0 Å². The summed E-state index contributed by atoms with van der Waals surface area (Å²) in [5.74, 6) is -3.14. The maximum absolute atomic E-state index is 12.3. The second kappa shape index (κ2) is 4.91. The molecule has 0 fully saturated rings. The lowest BCUT2D eigenvalue weighted by atomic mass is 9.84. The third-order valence-electron chi connectivity index (χ3n) is 3.72. The van der Waals surface area contributed by atoms with Gasteiger partial charge in [0.15, 0.2) is 5.78 Å². The molecule has 0 amide bonds. The number of carboxylic acid groups (broad SMARTS) is 1. The molecule has 118 valence electrons. The van der Waals surface area contributed by atoms with Gasteiger partial charge in [0.05, 0.1) is 6.42 Å². The average Bonchev–Trinajstić information content (AvgIpc) is 2.46. The van der Waals surface area contributed by atoms with E-state index in [2.05, 4.69) is 0 Å². The number of ether oxygens (including phenoxy) is 1. The fourth-order valence-corrected chi connectivity index (χ4v) is 2.62. The Labute approximate surface area is 130 Å². The lowest BCUT2D eigenvalue weighted by Gasteiger charge is -2.34. The highest BCUT2D eigenvalue weighted by molar-refractivity contribution is 6.06. The highest BCUT2D eigenvalue weighted by Crippen LogP contribution is 2.44. The quantitative estimate of drug-likeness (QED) is 0.665. The zero-order chi connectivity index (χ0) is 16.8. The number of ketones is 1. The predicted molar refractivity (Wildman–Crippen MR) is 76.8 cm³/mol. The number of Topliss-reactive ketones (excluding diaryl/α,β-unsaturated/α-hetero) is 1. The second-order valence-electron chi connectivity index (χ2n) is 5.22. The second-order valence-corrected chi connectivity index (χ2v) is 5.22. The van der Waals surface area contributed by atoms with Crippen LogP contribution in [0.5, 0.6) is 23.0 Å². The Morgan fingerprint density at radius 2 is 1.70 bits per heavy atom. The minimum atomic E-state index is -2.00. The van der Waals surface area contributed by atoms with E-state index in [1.165, 1.54) is 24.3 Å². The van der Waals surface area contributed by atoms with Crippen LogP contribution in [-0.4, -0.2) is 32.2 Å². The Balaban J connectivity index is 2.19. The van der Waals surface area contributed by atoms with E-state index in [4.69, 9.17) is 4.74 Å². The van der Waals surface area contributed by atoms with Crippen molar-refractivity contribution >= 4 is 11.8 Å². The zero-order valence-corrected chi connectivity index (χ0v) is 11.7. The maximum atomic E-state index is 12.3. The van der Waals surface area contributed by atoms with E-state index in [-0.39, 0.29) is 28.4 Å². The molecule has 7 heteroatoms. The zero-order valence-electron chi connectivity index (χ0n) is 11.7. The Morgan fingerprint density at radius 3 is 2.30 bits per heavy atom. The van der Waals surface area contributed by atoms with Gasteiger partial charge in [-0.1, -0.05) is 12.1 Å². The number of phenols is 3. The number of aromatic hydroxyl groups is 3. The number of hydrogen-bond donors (Lipinski definition) is 4. The summed E-state index contributed by atoms with van der Waals surface area (Å²) >= 11 is 0. The molecule has 2 aromatic rings. The fourth-order valence-electron chi connectivity index (χ4n) is 2.62. The molecule has 0 aromatic heterocycles. The molecular formula is C16H12O7. The summed E-state index contributed by atoms with van der Waals surface area (Å²) in [6.45, 7) is 0. The third-order valence-corrected chi connectivity index (χ3v) is 3.72. The topological polar surface area (TPSA) is 124 Å². The fraction of sp³-hybridized carbons (Fsp3) is 0.125. The molecule has 2 aromatic carbocycles. The summed E-state index contributed by atoms with van der Waals surface area (Å²) in [5.41, 5.74) is -2.01. The first-order valence-electron chi connectivity index (χ1n) is 6.64. The number of phenolic OH excluding ortho intramolecular Hbond substituents is 3. The highest BCUT2D eigenvalue weighted by Gasteiger charge is 2.49. The summed E-state index contributed by atoms with van der Waals surface area (Å²) in [6.07, 6.45) is -0.529. The van der Waals surface area contributed by atoms with Crippen molar-refractivity contribution in [1.29, 1.82) is 0 Å². The van der Waals surface area contributed by atoms with Crippen LogP contribution < -0.4 is 4.74 Å². The number of rotatable bonds is 2. The van der Waals surface area contributed by atoms with Crippen LogP contribution in [0, 0.1) is 0 Å². The molecule has 0 saturated heterocycles. The van der Waals surface area contributed by atoms with E-state index in [1.54, 1.807) is 0 Å². The molecule has 7 nitrogen and oxygen atoms in total. The summed E-state index contributed by atoms with van der Waals surface area (Å²) in [4.78, 5) is 24.2. The van der Waals surface area contributed by atoms with E-state index in [0.717, 1.165) is 12.1 Å².